The van der Waals surface area contributed by atoms with E-state index in [4.69, 9.17) is 0 Å². The van der Waals surface area contributed by atoms with Crippen molar-refractivity contribution in [2.24, 2.45) is 0 Å². The second kappa shape index (κ2) is 6.20. The lowest BCUT2D eigenvalue weighted by atomic mass is 10.1. The predicted octanol–water partition coefficient (Wildman–Crippen LogP) is 3.19. The molecule has 0 spiro atoms. The van der Waals surface area contributed by atoms with E-state index in [1.807, 2.05) is 47.7 Å². The van der Waals surface area contributed by atoms with Crippen LogP contribution in [-0.2, 0) is 0 Å². The maximum absolute atomic E-state index is 13.1. The zero-order chi connectivity index (χ0) is 17.4. The molecule has 6 heteroatoms. The molecule has 3 aromatic rings. The molecule has 6 nitrogen and oxygen atoms in total. The molecule has 1 fully saturated rings. The third-order valence-corrected chi connectivity index (χ3v) is 4.88. The van der Waals surface area contributed by atoms with E-state index < -0.39 is 0 Å². The number of H-pyrrole nitrogens is 1. The van der Waals surface area contributed by atoms with Crippen molar-refractivity contribution in [3.05, 3.63) is 65.2 Å². The third-order valence-electron chi connectivity index (χ3n) is 4.88. The molecule has 0 radical (unpaired) electrons. The number of nitrogens with one attached hydrogen (secondary N) is 1. The molecule has 1 amide bonds. The third kappa shape index (κ3) is 2.73. The number of nitrogens with zero attached hydrogens (tertiary/aromatic N) is 4. The monoisotopic (exact) mass is 335 g/mol. The first-order valence-corrected chi connectivity index (χ1v) is 8.57. The van der Waals surface area contributed by atoms with Gasteiger partial charge in [-0.2, -0.15) is 10.2 Å². The molecule has 4 rings (SSSR count). The molecule has 1 unspecified atom stereocenters. The molecular weight excluding hydrogens is 314 g/mol. The van der Waals surface area contributed by atoms with Crippen molar-refractivity contribution in [2.45, 2.75) is 32.7 Å². The fourth-order valence-corrected chi connectivity index (χ4v) is 3.58. The van der Waals surface area contributed by atoms with Gasteiger partial charge in [-0.1, -0.05) is 12.1 Å². The van der Waals surface area contributed by atoms with Crippen LogP contribution >= 0.6 is 0 Å². The molecule has 25 heavy (non-hydrogen) atoms. The number of aryl methyl sites for hydroxylation is 1. The van der Waals surface area contributed by atoms with E-state index in [1.165, 1.54) is 5.56 Å². The van der Waals surface area contributed by atoms with Gasteiger partial charge < -0.3 is 4.90 Å². The second-order valence-electron chi connectivity index (χ2n) is 6.56. The number of amides is 1. The number of likely N-dealkylation sites (tertiary alicyclic amines) is 1. The van der Waals surface area contributed by atoms with Gasteiger partial charge in [0.05, 0.1) is 34.9 Å². The van der Waals surface area contributed by atoms with E-state index in [-0.39, 0.29) is 11.9 Å². The summed E-state index contributed by atoms with van der Waals surface area (Å²) in [6.07, 6.45) is 5.37. The topological polar surface area (TPSA) is 66.8 Å². The highest BCUT2D eigenvalue weighted by atomic mass is 16.2. The summed E-state index contributed by atoms with van der Waals surface area (Å²) in [5.74, 6) is 0.0357. The van der Waals surface area contributed by atoms with Crippen LogP contribution in [0.3, 0.4) is 0 Å². The van der Waals surface area contributed by atoms with Crippen LogP contribution in [-0.4, -0.2) is 37.3 Å². The highest BCUT2D eigenvalue weighted by molar-refractivity contribution is 5.95. The van der Waals surface area contributed by atoms with Crippen LogP contribution in [0.4, 0.5) is 0 Å². The molecule has 0 aliphatic carbocycles. The summed E-state index contributed by atoms with van der Waals surface area (Å²) in [4.78, 5) is 15.1. The van der Waals surface area contributed by atoms with Crippen LogP contribution in [0.25, 0.3) is 5.69 Å². The van der Waals surface area contributed by atoms with Crippen LogP contribution in [0.5, 0.6) is 0 Å². The maximum Gasteiger partial charge on any atom is 0.257 e. The summed E-state index contributed by atoms with van der Waals surface area (Å²) >= 11 is 0. The van der Waals surface area contributed by atoms with Crippen LogP contribution in [0, 0.1) is 13.8 Å². The van der Waals surface area contributed by atoms with Crippen molar-refractivity contribution in [1.29, 1.82) is 0 Å². The summed E-state index contributed by atoms with van der Waals surface area (Å²) in [6.45, 7) is 4.76. The average Bonchev–Trinajstić information content (AvgIpc) is 3.34. The molecule has 1 N–H and O–H groups in total. The lowest BCUT2D eigenvalue weighted by molar-refractivity contribution is 0.0732. The first-order chi connectivity index (χ1) is 12.1. The number of aromatic nitrogens is 4. The van der Waals surface area contributed by atoms with Gasteiger partial charge in [-0.3, -0.25) is 9.89 Å². The molecule has 128 valence electrons. The summed E-state index contributed by atoms with van der Waals surface area (Å²) in [6, 6.07) is 10.1. The average molecular weight is 335 g/mol. The van der Waals surface area contributed by atoms with Crippen LogP contribution < -0.4 is 0 Å². The molecule has 1 aliphatic heterocycles. The van der Waals surface area contributed by atoms with Crippen molar-refractivity contribution >= 4 is 5.91 Å². The first kappa shape index (κ1) is 15.6. The molecule has 1 atom stereocenters. The Bertz CT molecular complexity index is 896. The standard InChI is InChI=1S/C19H21N5O/c1-13-5-3-6-15(11-13)24-14(2)16(12-21-24)19(25)23-10-4-7-18(23)17-8-9-20-22-17/h3,5-6,8-9,11-12,18H,4,7,10H2,1-2H3,(H,20,22). The summed E-state index contributed by atoms with van der Waals surface area (Å²) in [5, 5.41) is 11.5. The Morgan fingerprint density at radius 2 is 2.16 bits per heavy atom. The van der Waals surface area contributed by atoms with Gasteiger partial charge in [-0.05, 0) is 50.5 Å². The van der Waals surface area contributed by atoms with Gasteiger partial charge in [0.15, 0.2) is 0 Å². The Morgan fingerprint density at radius 1 is 1.28 bits per heavy atom. The lowest BCUT2D eigenvalue weighted by Gasteiger charge is -2.23. The van der Waals surface area contributed by atoms with Gasteiger partial charge in [0.2, 0.25) is 0 Å². The predicted molar refractivity (Wildman–Crippen MR) is 94.6 cm³/mol. The Balaban J connectivity index is 1.65. The summed E-state index contributed by atoms with van der Waals surface area (Å²) < 4.78 is 1.83. The van der Waals surface area contributed by atoms with Crippen LogP contribution in [0.15, 0.2) is 42.7 Å². The first-order valence-electron chi connectivity index (χ1n) is 8.57. The van der Waals surface area contributed by atoms with Gasteiger partial charge in [-0.25, -0.2) is 4.68 Å². The molecule has 0 saturated carbocycles. The number of hydrogen-bond donors (Lipinski definition) is 1. The van der Waals surface area contributed by atoms with Gasteiger partial charge in [0.1, 0.15) is 0 Å². The Hall–Kier alpha value is -2.89. The largest absolute Gasteiger partial charge is 0.330 e. The van der Waals surface area contributed by atoms with E-state index in [1.54, 1.807) is 12.4 Å². The minimum absolute atomic E-state index is 0.0357. The summed E-state index contributed by atoms with van der Waals surface area (Å²) in [7, 11) is 0. The molecule has 1 aromatic carbocycles. The maximum atomic E-state index is 13.1. The van der Waals surface area contributed by atoms with Gasteiger partial charge >= 0.3 is 0 Å². The van der Waals surface area contributed by atoms with Gasteiger partial charge in [0.25, 0.3) is 5.91 Å². The fraction of sp³-hybridized carbons (Fsp3) is 0.316. The minimum atomic E-state index is 0.0357. The Morgan fingerprint density at radius 3 is 2.92 bits per heavy atom. The Labute approximate surface area is 146 Å². The van der Waals surface area contributed by atoms with E-state index in [0.29, 0.717) is 5.56 Å². The second-order valence-corrected chi connectivity index (χ2v) is 6.56. The zero-order valence-electron chi connectivity index (χ0n) is 14.4. The molecule has 1 aliphatic rings. The number of carbonyl (C=O) groups excluding carboxylic acids is 1. The highest BCUT2D eigenvalue weighted by Gasteiger charge is 2.33. The molecule has 0 bridgehead atoms. The summed E-state index contributed by atoms with van der Waals surface area (Å²) in [5.41, 5.74) is 4.66. The molecule has 2 aromatic heterocycles. The molecule has 3 heterocycles. The highest BCUT2D eigenvalue weighted by Crippen LogP contribution is 2.32. The SMILES string of the molecule is Cc1cccc(-n2ncc(C(=O)N3CCCC3c3ccn[nH]3)c2C)c1. The van der Waals surface area contributed by atoms with E-state index >= 15 is 0 Å². The van der Waals surface area contributed by atoms with Crippen molar-refractivity contribution < 1.29 is 4.79 Å². The van der Waals surface area contributed by atoms with Crippen LogP contribution in [0.2, 0.25) is 0 Å². The minimum Gasteiger partial charge on any atom is -0.330 e. The van der Waals surface area contributed by atoms with E-state index in [2.05, 4.69) is 21.4 Å². The molecule has 1 saturated heterocycles. The van der Waals surface area contributed by atoms with Gasteiger partial charge in [-0.15, -0.1) is 0 Å². The number of rotatable bonds is 3. The Kier molecular flexibility index (Phi) is 3.87. The van der Waals surface area contributed by atoms with E-state index in [0.717, 1.165) is 36.5 Å². The number of benzene rings is 1. The number of aromatic amines is 1. The van der Waals surface area contributed by atoms with Gasteiger partial charge in [0, 0.05) is 12.7 Å². The zero-order valence-corrected chi connectivity index (χ0v) is 14.4. The quantitative estimate of drug-likeness (QED) is 0.799. The van der Waals surface area contributed by atoms with Crippen LogP contribution in [0.1, 0.15) is 46.2 Å². The number of carbonyl (C=O) groups is 1. The van der Waals surface area contributed by atoms with E-state index in [9.17, 15) is 4.79 Å². The molecular formula is C19H21N5O. The van der Waals surface area contributed by atoms with Crippen molar-refractivity contribution in [1.82, 2.24) is 24.9 Å². The lowest BCUT2D eigenvalue weighted by Crippen LogP contribution is -2.31. The fourth-order valence-electron chi connectivity index (χ4n) is 3.58. The van der Waals surface area contributed by atoms with Crippen molar-refractivity contribution in [3.8, 4) is 5.69 Å². The van der Waals surface area contributed by atoms with Crippen molar-refractivity contribution in [2.75, 3.05) is 6.54 Å². The number of hydrogen-bond acceptors (Lipinski definition) is 3. The normalized spacial score (nSPS) is 17.2. The van der Waals surface area contributed by atoms with Crippen molar-refractivity contribution in [3.63, 3.8) is 0 Å². The smallest absolute Gasteiger partial charge is 0.257 e.